The van der Waals surface area contributed by atoms with Gasteiger partial charge < -0.3 is 10.2 Å². The molecule has 0 aromatic heterocycles. The summed E-state index contributed by atoms with van der Waals surface area (Å²) in [5.74, 6) is -0.429. The number of nitrogens with zero attached hydrogens (tertiary/aromatic N) is 1. The lowest BCUT2D eigenvalue weighted by Gasteiger charge is -2.31. The maximum absolute atomic E-state index is 13.0. The van der Waals surface area contributed by atoms with E-state index in [0.717, 1.165) is 32.4 Å². The highest BCUT2D eigenvalue weighted by atomic mass is 19.1. The summed E-state index contributed by atoms with van der Waals surface area (Å²) in [6.45, 7) is 5.58. The molecule has 0 unspecified atom stereocenters. The van der Waals surface area contributed by atoms with Gasteiger partial charge in [-0.05, 0) is 55.9 Å². The van der Waals surface area contributed by atoms with Crippen LogP contribution in [0.4, 0.5) is 4.39 Å². The van der Waals surface area contributed by atoms with Gasteiger partial charge in [0.15, 0.2) is 0 Å². The Balaban J connectivity index is 2.06. The second-order valence-electron chi connectivity index (χ2n) is 6.55. The Morgan fingerprint density at radius 3 is 2.30 bits per heavy atom. The molecule has 5 heteroatoms. The van der Waals surface area contributed by atoms with E-state index in [4.69, 9.17) is 0 Å². The lowest BCUT2D eigenvalue weighted by Crippen LogP contribution is -2.50. The van der Waals surface area contributed by atoms with Gasteiger partial charge in [0, 0.05) is 18.7 Å². The molecule has 1 aromatic rings. The minimum atomic E-state index is -0.523. The van der Waals surface area contributed by atoms with Crippen molar-refractivity contribution in [3.8, 4) is 0 Å². The summed E-state index contributed by atoms with van der Waals surface area (Å²) < 4.78 is 13.0. The topological polar surface area (TPSA) is 49.4 Å². The van der Waals surface area contributed by atoms with Gasteiger partial charge in [0.1, 0.15) is 11.9 Å². The largest absolute Gasteiger partial charge is 0.341 e. The maximum Gasteiger partial charge on any atom is 0.251 e. The average Bonchev–Trinajstić information content (AvgIpc) is 2.54. The molecule has 2 amide bonds. The number of halogens is 1. The molecule has 1 heterocycles. The van der Waals surface area contributed by atoms with E-state index in [1.807, 2.05) is 18.7 Å². The molecule has 1 fully saturated rings. The van der Waals surface area contributed by atoms with E-state index in [1.54, 1.807) is 0 Å². The van der Waals surface area contributed by atoms with Crippen molar-refractivity contribution in [3.63, 3.8) is 0 Å². The lowest BCUT2D eigenvalue weighted by atomic mass is 10.0. The number of piperidine rings is 1. The van der Waals surface area contributed by atoms with Gasteiger partial charge in [-0.2, -0.15) is 0 Å². The van der Waals surface area contributed by atoms with Crippen LogP contribution in [0.2, 0.25) is 0 Å². The molecule has 1 atom stereocenters. The minimum Gasteiger partial charge on any atom is -0.341 e. The van der Waals surface area contributed by atoms with Crippen molar-refractivity contribution in [1.82, 2.24) is 10.2 Å². The van der Waals surface area contributed by atoms with E-state index in [-0.39, 0.29) is 17.6 Å². The number of benzene rings is 1. The highest BCUT2D eigenvalue weighted by Crippen LogP contribution is 2.14. The van der Waals surface area contributed by atoms with Crippen molar-refractivity contribution in [3.05, 3.63) is 35.6 Å². The quantitative estimate of drug-likeness (QED) is 0.907. The summed E-state index contributed by atoms with van der Waals surface area (Å²) >= 11 is 0. The van der Waals surface area contributed by atoms with Gasteiger partial charge >= 0.3 is 0 Å². The molecular weight excluding hydrogens is 295 g/mol. The summed E-state index contributed by atoms with van der Waals surface area (Å²) in [7, 11) is 0. The SMILES string of the molecule is CC(C)C[C@H](NC(=O)c1ccc(F)cc1)C(=O)N1CCCCC1. The molecule has 0 saturated carbocycles. The number of rotatable bonds is 5. The van der Waals surface area contributed by atoms with Gasteiger partial charge in [0.2, 0.25) is 5.91 Å². The summed E-state index contributed by atoms with van der Waals surface area (Å²) in [5, 5.41) is 2.83. The first-order chi connectivity index (χ1) is 11.0. The van der Waals surface area contributed by atoms with Crippen LogP contribution in [0.1, 0.15) is 49.9 Å². The Kier molecular flexibility index (Phi) is 6.13. The normalized spacial score (nSPS) is 16.3. The van der Waals surface area contributed by atoms with Crippen LogP contribution in [-0.4, -0.2) is 35.8 Å². The fraction of sp³-hybridized carbons (Fsp3) is 0.556. The standard InChI is InChI=1S/C18H25FN2O2/c1-13(2)12-16(18(23)21-10-4-3-5-11-21)20-17(22)14-6-8-15(19)9-7-14/h6-9,13,16H,3-5,10-12H2,1-2H3,(H,20,22)/t16-/m0/s1. The number of hydrogen-bond acceptors (Lipinski definition) is 2. The highest BCUT2D eigenvalue weighted by Gasteiger charge is 2.27. The second-order valence-corrected chi connectivity index (χ2v) is 6.55. The number of nitrogens with one attached hydrogen (secondary N) is 1. The molecule has 0 bridgehead atoms. The molecule has 0 radical (unpaired) electrons. The lowest BCUT2D eigenvalue weighted by molar-refractivity contribution is -0.134. The van der Waals surface area contributed by atoms with Crippen LogP contribution in [0.25, 0.3) is 0 Å². The predicted molar refractivity (Wildman–Crippen MR) is 87.5 cm³/mol. The van der Waals surface area contributed by atoms with Crippen molar-refractivity contribution in [2.45, 2.75) is 45.6 Å². The molecule has 0 aliphatic carbocycles. The van der Waals surface area contributed by atoms with E-state index < -0.39 is 6.04 Å². The van der Waals surface area contributed by atoms with Crippen LogP contribution >= 0.6 is 0 Å². The molecule has 0 spiro atoms. The van der Waals surface area contributed by atoms with Crippen LogP contribution < -0.4 is 5.32 Å². The smallest absolute Gasteiger partial charge is 0.251 e. The molecule has 1 aliphatic rings. The molecule has 1 aromatic carbocycles. The molecule has 126 valence electrons. The zero-order valence-corrected chi connectivity index (χ0v) is 13.8. The fourth-order valence-electron chi connectivity index (χ4n) is 2.87. The van der Waals surface area contributed by atoms with Gasteiger partial charge in [-0.1, -0.05) is 13.8 Å². The Hall–Kier alpha value is -1.91. The maximum atomic E-state index is 13.0. The number of likely N-dealkylation sites (tertiary alicyclic amines) is 1. The van der Waals surface area contributed by atoms with E-state index in [0.29, 0.717) is 17.9 Å². The summed E-state index contributed by atoms with van der Waals surface area (Å²) in [6.07, 6.45) is 3.79. The van der Waals surface area contributed by atoms with E-state index in [2.05, 4.69) is 5.32 Å². The van der Waals surface area contributed by atoms with Crippen LogP contribution in [0.15, 0.2) is 24.3 Å². The average molecular weight is 320 g/mol. The summed E-state index contributed by atoms with van der Waals surface area (Å²) in [6, 6.07) is 4.84. The zero-order chi connectivity index (χ0) is 16.8. The third-order valence-corrected chi connectivity index (χ3v) is 4.08. The summed E-state index contributed by atoms with van der Waals surface area (Å²) in [5.41, 5.74) is 0.367. The Morgan fingerprint density at radius 2 is 1.74 bits per heavy atom. The van der Waals surface area contributed by atoms with Crippen LogP contribution in [0.3, 0.4) is 0 Å². The number of amides is 2. The predicted octanol–water partition coefficient (Wildman–Crippen LogP) is 2.98. The third-order valence-electron chi connectivity index (χ3n) is 4.08. The van der Waals surface area contributed by atoms with Gasteiger partial charge in [-0.15, -0.1) is 0 Å². The third kappa shape index (κ3) is 5.05. The highest BCUT2D eigenvalue weighted by molar-refractivity contribution is 5.97. The Labute approximate surface area is 137 Å². The molecule has 4 nitrogen and oxygen atoms in total. The number of carbonyl (C=O) groups is 2. The first-order valence-electron chi connectivity index (χ1n) is 8.32. The van der Waals surface area contributed by atoms with Crippen LogP contribution in [0, 0.1) is 11.7 Å². The monoisotopic (exact) mass is 320 g/mol. The molecule has 1 aliphatic heterocycles. The molecule has 2 rings (SSSR count). The van der Waals surface area contributed by atoms with Gasteiger partial charge in [-0.25, -0.2) is 4.39 Å². The zero-order valence-electron chi connectivity index (χ0n) is 13.8. The van der Waals surface area contributed by atoms with Crippen LogP contribution in [-0.2, 0) is 4.79 Å². The van der Waals surface area contributed by atoms with Gasteiger partial charge in [0.05, 0.1) is 0 Å². The first kappa shape index (κ1) is 17.4. The molecule has 1 N–H and O–H groups in total. The van der Waals surface area contributed by atoms with Crippen LogP contribution in [0.5, 0.6) is 0 Å². The van der Waals surface area contributed by atoms with Crippen molar-refractivity contribution < 1.29 is 14.0 Å². The minimum absolute atomic E-state index is 0.00568. The van der Waals surface area contributed by atoms with E-state index in [9.17, 15) is 14.0 Å². The van der Waals surface area contributed by atoms with Gasteiger partial charge in [-0.3, -0.25) is 9.59 Å². The van der Waals surface area contributed by atoms with E-state index in [1.165, 1.54) is 24.3 Å². The fourth-order valence-corrected chi connectivity index (χ4v) is 2.87. The molecule has 23 heavy (non-hydrogen) atoms. The number of hydrogen-bond donors (Lipinski definition) is 1. The first-order valence-corrected chi connectivity index (χ1v) is 8.32. The summed E-state index contributed by atoms with van der Waals surface area (Å²) in [4.78, 5) is 26.9. The van der Waals surface area contributed by atoms with Gasteiger partial charge in [0.25, 0.3) is 5.91 Å². The molecule has 1 saturated heterocycles. The van der Waals surface area contributed by atoms with Crippen molar-refractivity contribution in [1.29, 1.82) is 0 Å². The van der Waals surface area contributed by atoms with E-state index >= 15 is 0 Å². The Bertz CT molecular complexity index is 536. The number of carbonyl (C=O) groups excluding carboxylic acids is 2. The second kappa shape index (κ2) is 8.09. The Morgan fingerprint density at radius 1 is 1.13 bits per heavy atom. The van der Waals surface area contributed by atoms with Crippen molar-refractivity contribution >= 4 is 11.8 Å². The van der Waals surface area contributed by atoms with Crippen molar-refractivity contribution in [2.75, 3.05) is 13.1 Å². The molecular formula is C18H25FN2O2. The van der Waals surface area contributed by atoms with Crippen molar-refractivity contribution in [2.24, 2.45) is 5.92 Å².